The summed E-state index contributed by atoms with van der Waals surface area (Å²) in [6.07, 6.45) is -9.71. The molecule has 2 aliphatic heterocycles. The van der Waals surface area contributed by atoms with Gasteiger partial charge in [0.1, 0.15) is 0 Å². The van der Waals surface area contributed by atoms with Crippen LogP contribution in [0.15, 0.2) is 42.5 Å². The lowest BCUT2D eigenvalue weighted by molar-refractivity contribution is -0.143. The lowest BCUT2D eigenvalue weighted by Gasteiger charge is -2.45. The Morgan fingerprint density at radius 1 is 0.865 bits per heavy atom. The van der Waals surface area contributed by atoms with Crippen molar-refractivity contribution in [1.82, 2.24) is 9.80 Å². The molecule has 0 spiro atoms. The molecule has 0 aromatic heterocycles. The van der Waals surface area contributed by atoms with E-state index < -0.39 is 44.8 Å². The van der Waals surface area contributed by atoms with Gasteiger partial charge in [0.15, 0.2) is 9.84 Å². The van der Waals surface area contributed by atoms with Crippen molar-refractivity contribution in [3.63, 3.8) is 0 Å². The molecule has 0 unspecified atom stereocenters. The van der Waals surface area contributed by atoms with Gasteiger partial charge in [0.2, 0.25) is 0 Å². The van der Waals surface area contributed by atoms with Crippen LogP contribution in [0.5, 0.6) is 0 Å². The molecule has 2 atom stereocenters. The highest BCUT2D eigenvalue weighted by molar-refractivity contribution is 7.91. The number of aryl methyl sites for hydroxylation is 1. The summed E-state index contributed by atoms with van der Waals surface area (Å²) in [5.74, 6) is -1.19. The second-order valence-electron chi connectivity index (χ2n) is 9.61. The van der Waals surface area contributed by atoms with Crippen LogP contribution in [0, 0.1) is 6.92 Å². The predicted molar refractivity (Wildman–Crippen MR) is 125 cm³/mol. The van der Waals surface area contributed by atoms with Gasteiger partial charge < -0.3 is 4.90 Å². The first-order valence-corrected chi connectivity index (χ1v) is 13.6. The summed E-state index contributed by atoms with van der Waals surface area (Å²) in [7, 11) is -3.12. The van der Waals surface area contributed by atoms with Gasteiger partial charge in [-0.3, -0.25) is 9.69 Å². The van der Waals surface area contributed by atoms with Crippen molar-refractivity contribution in [2.75, 3.05) is 37.7 Å². The van der Waals surface area contributed by atoms with Crippen molar-refractivity contribution in [1.29, 1.82) is 0 Å². The first-order valence-electron chi connectivity index (χ1n) is 11.7. The summed E-state index contributed by atoms with van der Waals surface area (Å²) >= 11 is 0. The Hall–Kier alpha value is -2.60. The molecule has 5 nitrogen and oxygen atoms in total. The first kappa shape index (κ1) is 27.4. The number of nitrogens with zero attached hydrogens (tertiary/aromatic N) is 2. The minimum atomic E-state index is -5.05. The fraction of sp³-hybridized carbons (Fsp3) is 0.480. The van der Waals surface area contributed by atoms with Crippen LogP contribution in [0.4, 0.5) is 26.3 Å². The van der Waals surface area contributed by atoms with Gasteiger partial charge in [0.05, 0.1) is 22.6 Å². The van der Waals surface area contributed by atoms with Crippen molar-refractivity contribution >= 4 is 15.7 Å². The number of hydrogen-bond acceptors (Lipinski definition) is 4. The van der Waals surface area contributed by atoms with Crippen molar-refractivity contribution < 1.29 is 39.6 Å². The van der Waals surface area contributed by atoms with Gasteiger partial charge in [0, 0.05) is 43.7 Å². The number of hydrogen-bond donors (Lipinski definition) is 0. The highest BCUT2D eigenvalue weighted by atomic mass is 32.2. The quantitative estimate of drug-likeness (QED) is 0.519. The number of alkyl halides is 6. The Bertz CT molecular complexity index is 1210. The van der Waals surface area contributed by atoms with Gasteiger partial charge >= 0.3 is 12.4 Å². The average molecular weight is 549 g/mol. The molecular formula is C25H26F6N2O3S. The molecule has 2 fully saturated rings. The molecule has 202 valence electrons. The Balaban J connectivity index is 1.65. The molecule has 2 aromatic carbocycles. The second-order valence-corrected chi connectivity index (χ2v) is 11.9. The molecule has 37 heavy (non-hydrogen) atoms. The lowest BCUT2D eigenvalue weighted by Crippen LogP contribution is -2.54. The number of halogens is 6. The van der Waals surface area contributed by atoms with Crippen LogP contribution >= 0.6 is 0 Å². The number of amides is 1. The van der Waals surface area contributed by atoms with Crippen LogP contribution in [-0.4, -0.2) is 67.9 Å². The standard InChI is InChI=1S/C25H26F6N2O3S/c1-16-2-4-17(5-3-16)21-15-33(7-6-22(21)32-8-10-37(35,36)11-9-32)23(34)18-12-19(24(26,27)28)14-20(13-18)25(29,30)31/h2-5,12-14,21-22H,6-11,15H2,1H3/t21-,22-/m1/s1. The minimum Gasteiger partial charge on any atom is -0.338 e. The molecule has 0 N–H and O–H groups in total. The van der Waals surface area contributed by atoms with Gasteiger partial charge in [-0.05, 0) is 37.1 Å². The maximum absolute atomic E-state index is 13.3. The third kappa shape index (κ3) is 6.28. The topological polar surface area (TPSA) is 57.7 Å². The van der Waals surface area contributed by atoms with Crippen molar-refractivity contribution in [3.05, 3.63) is 70.3 Å². The van der Waals surface area contributed by atoms with Crippen molar-refractivity contribution in [2.45, 2.75) is 37.7 Å². The van der Waals surface area contributed by atoms with Crippen molar-refractivity contribution in [2.24, 2.45) is 0 Å². The van der Waals surface area contributed by atoms with E-state index in [1.807, 2.05) is 31.2 Å². The SMILES string of the molecule is Cc1ccc([C@H]2CN(C(=O)c3cc(C(F)(F)F)cc(C(F)(F)F)c3)CC[C@H]2N2CCS(=O)(=O)CC2)cc1. The number of rotatable bonds is 3. The third-order valence-electron chi connectivity index (χ3n) is 7.05. The molecule has 1 amide bonds. The van der Waals surface area contributed by atoms with Crippen LogP contribution in [-0.2, 0) is 22.2 Å². The average Bonchev–Trinajstić information content (AvgIpc) is 2.82. The molecule has 2 aromatic rings. The highest BCUT2D eigenvalue weighted by Crippen LogP contribution is 2.38. The zero-order valence-corrected chi connectivity index (χ0v) is 20.8. The molecule has 2 saturated heterocycles. The van der Waals surface area contributed by atoms with E-state index in [9.17, 15) is 39.6 Å². The molecule has 2 heterocycles. The number of likely N-dealkylation sites (tertiary alicyclic amines) is 1. The van der Waals surface area contributed by atoms with E-state index in [0.717, 1.165) is 11.1 Å². The molecule has 0 bridgehead atoms. The Labute approximate surface area is 211 Å². The van der Waals surface area contributed by atoms with Gasteiger partial charge in [-0.25, -0.2) is 8.42 Å². The summed E-state index contributed by atoms with van der Waals surface area (Å²) in [6.45, 7) is 2.75. The maximum atomic E-state index is 13.3. The van der Waals surface area contributed by atoms with Gasteiger partial charge in [-0.15, -0.1) is 0 Å². The fourth-order valence-electron chi connectivity index (χ4n) is 5.02. The zero-order valence-electron chi connectivity index (χ0n) is 19.9. The van der Waals surface area contributed by atoms with Gasteiger partial charge in [0.25, 0.3) is 5.91 Å². The summed E-state index contributed by atoms with van der Waals surface area (Å²) in [5.41, 5.74) is -1.89. The van der Waals surface area contributed by atoms with E-state index in [1.54, 1.807) is 0 Å². The molecule has 0 radical (unpaired) electrons. The Morgan fingerprint density at radius 2 is 1.41 bits per heavy atom. The highest BCUT2D eigenvalue weighted by Gasteiger charge is 2.40. The van der Waals surface area contributed by atoms with E-state index in [1.165, 1.54) is 4.90 Å². The van der Waals surface area contributed by atoms with E-state index in [2.05, 4.69) is 4.90 Å². The van der Waals surface area contributed by atoms with E-state index in [-0.39, 0.29) is 42.6 Å². The monoisotopic (exact) mass is 548 g/mol. The van der Waals surface area contributed by atoms with Crippen molar-refractivity contribution in [3.8, 4) is 0 Å². The first-order chi connectivity index (χ1) is 17.1. The summed E-state index contributed by atoms with van der Waals surface area (Å²) in [4.78, 5) is 16.6. The van der Waals surface area contributed by atoms with Crippen LogP contribution in [0.1, 0.15) is 45.0 Å². The molecule has 0 saturated carbocycles. The fourth-order valence-corrected chi connectivity index (χ4v) is 6.25. The van der Waals surface area contributed by atoms with Crippen LogP contribution in [0.25, 0.3) is 0 Å². The number of benzene rings is 2. The summed E-state index contributed by atoms with van der Waals surface area (Å²) < 4.78 is 104. The number of carbonyl (C=O) groups excluding carboxylic acids is 1. The number of piperidine rings is 1. The van der Waals surface area contributed by atoms with Crippen LogP contribution in [0.3, 0.4) is 0 Å². The second kappa shape index (κ2) is 9.94. The Morgan fingerprint density at radius 3 is 1.92 bits per heavy atom. The zero-order chi connectivity index (χ0) is 27.2. The minimum absolute atomic E-state index is 0.00251. The largest absolute Gasteiger partial charge is 0.416 e. The third-order valence-corrected chi connectivity index (χ3v) is 8.66. The van der Waals surface area contributed by atoms with Crippen LogP contribution in [0.2, 0.25) is 0 Å². The molecular weight excluding hydrogens is 522 g/mol. The van der Waals surface area contributed by atoms with Gasteiger partial charge in [-0.1, -0.05) is 29.8 Å². The molecule has 4 rings (SSSR count). The lowest BCUT2D eigenvalue weighted by atomic mass is 9.84. The molecule has 2 aliphatic rings. The maximum Gasteiger partial charge on any atom is 0.416 e. The smallest absolute Gasteiger partial charge is 0.338 e. The number of sulfone groups is 1. The Kier molecular flexibility index (Phi) is 7.37. The van der Waals surface area contributed by atoms with Gasteiger partial charge in [-0.2, -0.15) is 26.3 Å². The summed E-state index contributed by atoms with van der Waals surface area (Å²) in [6, 6.07) is 8.32. The van der Waals surface area contributed by atoms with E-state index in [4.69, 9.17) is 0 Å². The predicted octanol–water partition coefficient (Wildman–Crippen LogP) is 4.76. The van der Waals surface area contributed by atoms with Crippen LogP contribution < -0.4 is 0 Å². The summed E-state index contributed by atoms with van der Waals surface area (Å²) in [5, 5.41) is 0. The molecule has 0 aliphatic carbocycles. The normalized spacial score (nSPS) is 23.2. The van der Waals surface area contributed by atoms with E-state index >= 15 is 0 Å². The van der Waals surface area contributed by atoms with E-state index in [0.29, 0.717) is 31.6 Å². The molecule has 12 heteroatoms. The number of carbonyl (C=O) groups is 1.